The van der Waals surface area contributed by atoms with Crippen molar-refractivity contribution < 1.29 is 5.11 Å². The number of hydrogen-bond donors (Lipinski definition) is 2. The summed E-state index contributed by atoms with van der Waals surface area (Å²) in [7, 11) is 0. The highest BCUT2D eigenvalue weighted by Crippen LogP contribution is 2.01. The van der Waals surface area contributed by atoms with Crippen molar-refractivity contribution in [1.82, 2.24) is 0 Å². The Morgan fingerprint density at radius 1 is 1.55 bits per heavy atom. The molecule has 2 N–H and O–H groups in total. The fourth-order valence-electron chi connectivity index (χ4n) is 0.551. The molecule has 0 atom stereocenters. The molecule has 0 amide bonds. The molecule has 0 radical (unpaired) electrons. The number of hydrogen-bond acceptors (Lipinski definition) is 2. The molecule has 11 heavy (non-hydrogen) atoms. The molecule has 0 spiro atoms. The van der Waals surface area contributed by atoms with Crippen LogP contribution in [0.5, 0.6) is 0 Å². The van der Waals surface area contributed by atoms with Gasteiger partial charge < -0.3 is 5.11 Å². The normalized spacial score (nSPS) is 12.0. The largest absolute Gasteiger partial charge is 0.506 e. The average molecular weight is 151 g/mol. The van der Waals surface area contributed by atoms with E-state index >= 15 is 0 Å². The maximum atomic E-state index is 8.81. The van der Waals surface area contributed by atoms with Crippen LogP contribution in [0.1, 0.15) is 13.8 Å². The Bertz CT molecular complexity index is 224. The van der Waals surface area contributed by atoms with Crippen LogP contribution in [-0.4, -0.2) is 10.8 Å². The first-order valence-electron chi connectivity index (χ1n) is 3.36. The number of nitrogens with one attached hydrogen (secondary N) is 1. The van der Waals surface area contributed by atoms with Crippen molar-refractivity contribution in [3.8, 4) is 0 Å². The maximum Gasteiger partial charge on any atom is 0.133 e. The smallest absolute Gasteiger partial charge is 0.133 e. The van der Waals surface area contributed by atoms with E-state index in [0.717, 1.165) is 0 Å². The molecule has 0 aliphatic carbocycles. The van der Waals surface area contributed by atoms with Crippen LogP contribution in [0.3, 0.4) is 0 Å². The van der Waals surface area contributed by atoms with Gasteiger partial charge in [-0.2, -0.15) is 0 Å². The van der Waals surface area contributed by atoms with Gasteiger partial charge in [-0.25, -0.2) is 0 Å². The summed E-state index contributed by atoms with van der Waals surface area (Å²) in [5.74, 6) is -0.191. The predicted octanol–water partition coefficient (Wildman–Crippen LogP) is 2.60. The van der Waals surface area contributed by atoms with Gasteiger partial charge >= 0.3 is 0 Å². The van der Waals surface area contributed by atoms with Gasteiger partial charge in [-0.1, -0.05) is 24.8 Å². The van der Waals surface area contributed by atoms with Gasteiger partial charge in [0.05, 0.1) is 5.71 Å². The summed E-state index contributed by atoms with van der Waals surface area (Å²) >= 11 is 0. The number of aliphatic hydroxyl groups is 1. The molecule has 0 bridgehead atoms. The summed E-state index contributed by atoms with van der Waals surface area (Å²) in [5.41, 5.74) is 0.790. The molecule has 0 aliphatic rings. The molecule has 2 nitrogen and oxygen atoms in total. The average Bonchev–Trinajstić information content (AvgIpc) is 1.98. The first-order chi connectivity index (χ1) is 5.09. The van der Waals surface area contributed by atoms with Crippen molar-refractivity contribution in [2.75, 3.05) is 0 Å². The van der Waals surface area contributed by atoms with Crippen LogP contribution < -0.4 is 0 Å². The summed E-state index contributed by atoms with van der Waals surface area (Å²) in [6.07, 6.45) is 5.42. The van der Waals surface area contributed by atoms with Crippen molar-refractivity contribution >= 4 is 5.71 Å². The van der Waals surface area contributed by atoms with E-state index in [1.807, 2.05) is 19.1 Å². The Morgan fingerprint density at radius 2 is 2.09 bits per heavy atom. The first kappa shape index (κ1) is 9.69. The van der Waals surface area contributed by atoms with Crippen molar-refractivity contribution in [2.24, 2.45) is 0 Å². The van der Waals surface area contributed by atoms with Crippen molar-refractivity contribution in [2.45, 2.75) is 13.8 Å². The Balaban J connectivity index is 4.36. The quantitative estimate of drug-likeness (QED) is 0.363. The van der Waals surface area contributed by atoms with Crippen LogP contribution in [0.4, 0.5) is 0 Å². The summed E-state index contributed by atoms with van der Waals surface area (Å²) in [6.45, 7) is 6.89. The molecule has 2 heteroatoms. The molecule has 0 aliphatic heterocycles. The zero-order chi connectivity index (χ0) is 8.85. The van der Waals surface area contributed by atoms with Gasteiger partial charge in [0.25, 0.3) is 0 Å². The maximum absolute atomic E-state index is 8.81. The lowest BCUT2D eigenvalue weighted by atomic mass is 10.1. The van der Waals surface area contributed by atoms with Crippen molar-refractivity contribution in [3.63, 3.8) is 0 Å². The monoisotopic (exact) mass is 151 g/mol. The van der Waals surface area contributed by atoms with Crippen LogP contribution in [-0.2, 0) is 0 Å². The second kappa shape index (κ2) is 4.50. The first-order valence-corrected chi connectivity index (χ1v) is 3.36. The summed E-state index contributed by atoms with van der Waals surface area (Å²) in [5, 5.41) is 16.1. The van der Waals surface area contributed by atoms with E-state index in [-0.39, 0.29) is 11.5 Å². The third-order valence-corrected chi connectivity index (χ3v) is 1.22. The fraction of sp³-hybridized carbons (Fsp3) is 0.222. The highest BCUT2D eigenvalue weighted by atomic mass is 16.3. The topological polar surface area (TPSA) is 44.1 Å². The zero-order valence-corrected chi connectivity index (χ0v) is 6.89. The van der Waals surface area contributed by atoms with Gasteiger partial charge in [0, 0.05) is 0 Å². The van der Waals surface area contributed by atoms with E-state index in [4.69, 9.17) is 10.5 Å². The van der Waals surface area contributed by atoms with Gasteiger partial charge in [-0.05, 0) is 19.4 Å². The third kappa shape index (κ3) is 3.40. The Hall–Kier alpha value is -1.31. The molecular formula is C9H13NO. The molecule has 0 saturated carbocycles. The predicted molar refractivity (Wildman–Crippen MR) is 48.1 cm³/mol. The lowest BCUT2D eigenvalue weighted by Gasteiger charge is -1.98. The summed E-state index contributed by atoms with van der Waals surface area (Å²) < 4.78 is 0. The number of rotatable bonds is 3. The molecule has 0 saturated heterocycles. The van der Waals surface area contributed by atoms with Crippen LogP contribution in [0.25, 0.3) is 0 Å². The zero-order valence-electron chi connectivity index (χ0n) is 6.89. The van der Waals surface area contributed by atoms with Crippen molar-refractivity contribution in [3.05, 3.63) is 36.1 Å². The third-order valence-electron chi connectivity index (χ3n) is 1.22. The lowest BCUT2D eigenvalue weighted by molar-refractivity contribution is 0.445. The second-order valence-corrected chi connectivity index (χ2v) is 2.20. The molecule has 0 aromatic carbocycles. The molecule has 0 unspecified atom stereocenters. The van der Waals surface area contributed by atoms with E-state index in [1.165, 1.54) is 0 Å². The van der Waals surface area contributed by atoms with E-state index in [0.29, 0.717) is 5.57 Å². The highest BCUT2D eigenvalue weighted by Gasteiger charge is 1.99. The molecular weight excluding hydrogens is 138 g/mol. The minimum absolute atomic E-state index is 0.0862. The minimum atomic E-state index is -0.191. The molecule has 0 fully saturated rings. The molecule has 60 valence electrons. The van der Waals surface area contributed by atoms with Crippen LogP contribution in [0, 0.1) is 5.41 Å². The lowest BCUT2D eigenvalue weighted by Crippen LogP contribution is -2.00. The molecule has 0 heterocycles. The van der Waals surface area contributed by atoms with Gasteiger partial charge in [0.1, 0.15) is 5.76 Å². The summed E-state index contributed by atoms with van der Waals surface area (Å²) in [6, 6.07) is 0. The molecule has 0 aromatic heterocycles. The molecule has 0 aromatic rings. The van der Waals surface area contributed by atoms with Crippen LogP contribution in [0.15, 0.2) is 36.1 Å². The second-order valence-electron chi connectivity index (χ2n) is 2.20. The Labute approximate surface area is 67.1 Å². The SMILES string of the molecule is C=C(O)C(=N)/C(C)=C\C=C/C. The van der Waals surface area contributed by atoms with E-state index in [1.54, 1.807) is 13.0 Å². The van der Waals surface area contributed by atoms with Crippen LogP contribution >= 0.6 is 0 Å². The van der Waals surface area contributed by atoms with Gasteiger partial charge in [-0.3, -0.25) is 5.41 Å². The van der Waals surface area contributed by atoms with E-state index < -0.39 is 0 Å². The summed E-state index contributed by atoms with van der Waals surface area (Å²) in [4.78, 5) is 0. The van der Waals surface area contributed by atoms with Crippen LogP contribution in [0.2, 0.25) is 0 Å². The number of aliphatic hydroxyl groups excluding tert-OH is 1. The highest BCUT2D eigenvalue weighted by molar-refractivity contribution is 6.07. The fourth-order valence-corrected chi connectivity index (χ4v) is 0.551. The Morgan fingerprint density at radius 3 is 2.45 bits per heavy atom. The van der Waals surface area contributed by atoms with Gasteiger partial charge in [0.2, 0.25) is 0 Å². The van der Waals surface area contributed by atoms with Crippen molar-refractivity contribution in [1.29, 1.82) is 5.41 Å². The van der Waals surface area contributed by atoms with Gasteiger partial charge in [-0.15, -0.1) is 0 Å². The molecule has 0 rings (SSSR count). The minimum Gasteiger partial charge on any atom is -0.506 e. The number of allylic oxidation sites excluding steroid dienone is 4. The standard InChI is InChI=1S/C9H13NO/c1-4-5-6-7(2)9(10)8(3)11/h4-6,10-11H,3H2,1-2H3/b5-4-,7-6-,10-9?. The van der Waals surface area contributed by atoms with E-state index in [2.05, 4.69) is 6.58 Å². The Kier molecular flexibility index (Phi) is 3.96. The van der Waals surface area contributed by atoms with E-state index in [9.17, 15) is 0 Å². The van der Waals surface area contributed by atoms with Gasteiger partial charge in [0.15, 0.2) is 0 Å².